The topological polar surface area (TPSA) is 54.7 Å². The van der Waals surface area contributed by atoms with Crippen molar-refractivity contribution in [2.45, 2.75) is 33.2 Å². The second-order valence-corrected chi connectivity index (χ2v) is 2.73. The van der Waals surface area contributed by atoms with Crippen molar-refractivity contribution in [2.75, 3.05) is 0 Å². The summed E-state index contributed by atoms with van der Waals surface area (Å²) < 4.78 is 0. The van der Waals surface area contributed by atoms with Crippen molar-refractivity contribution in [3.05, 3.63) is 17.0 Å². The number of hydrogen-bond donors (Lipinski definition) is 2. The van der Waals surface area contributed by atoms with E-state index in [4.69, 9.17) is 5.73 Å². The van der Waals surface area contributed by atoms with E-state index in [1.807, 2.05) is 0 Å². The summed E-state index contributed by atoms with van der Waals surface area (Å²) in [6, 6.07) is 0. The fourth-order valence-corrected chi connectivity index (χ4v) is 1.16. The molecule has 11 heavy (non-hydrogen) atoms. The summed E-state index contributed by atoms with van der Waals surface area (Å²) in [6.07, 6.45) is 2.18. The molecule has 1 heterocycles. The second kappa shape index (κ2) is 3.53. The Bertz CT molecular complexity index is 227. The maximum absolute atomic E-state index is 5.49. The third-order valence-electron chi connectivity index (χ3n) is 1.90. The minimum Gasteiger partial charge on any atom is -0.325 e. The molecule has 0 bridgehead atoms. The van der Waals surface area contributed by atoms with E-state index in [1.165, 1.54) is 5.56 Å². The van der Waals surface area contributed by atoms with E-state index in [9.17, 15) is 0 Å². The first-order chi connectivity index (χ1) is 5.29. The van der Waals surface area contributed by atoms with Crippen LogP contribution in [0, 0.1) is 6.92 Å². The number of aromatic nitrogens is 2. The molecule has 0 aliphatic rings. The number of nitrogens with one attached hydrogen (secondary N) is 1. The Kier molecular flexibility index (Phi) is 2.65. The zero-order valence-electron chi connectivity index (χ0n) is 7.15. The van der Waals surface area contributed by atoms with Crippen LogP contribution in [0.4, 0.5) is 0 Å². The van der Waals surface area contributed by atoms with E-state index in [0.717, 1.165) is 24.2 Å². The molecule has 0 radical (unpaired) electrons. The molecule has 0 aliphatic heterocycles. The normalized spacial score (nSPS) is 10.5. The van der Waals surface area contributed by atoms with Crippen LogP contribution in [-0.4, -0.2) is 10.2 Å². The van der Waals surface area contributed by atoms with Crippen LogP contribution >= 0.6 is 0 Å². The van der Waals surface area contributed by atoms with Gasteiger partial charge in [0.25, 0.3) is 0 Å². The first-order valence-electron chi connectivity index (χ1n) is 4.02. The number of hydrogen-bond acceptors (Lipinski definition) is 2. The van der Waals surface area contributed by atoms with E-state index in [-0.39, 0.29) is 0 Å². The van der Waals surface area contributed by atoms with E-state index in [0.29, 0.717) is 6.54 Å². The minimum absolute atomic E-state index is 0.558. The molecule has 0 aliphatic carbocycles. The van der Waals surface area contributed by atoms with E-state index < -0.39 is 0 Å². The summed E-state index contributed by atoms with van der Waals surface area (Å²) in [4.78, 5) is 0. The maximum Gasteiger partial charge on any atom is 0.0654 e. The molecule has 0 saturated carbocycles. The summed E-state index contributed by atoms with van der Waals surface area (Å²) in [5.74, 6) is 0. The van der Waals surface area contributed by atoms with E-state index >= 15 is 0 Å². The Labute approximate surface area is 67.0 Å². The number of H-pyrrole nitrogens is 1. The molecule has 0 unspecified atom stereocenters. The van der Waals surface area contributed by atoms with Gasteiger partial charge in [-0.15, -0.1) is 0 Å². The first kappa shape index (κ1) is 8.27. The fourth-order valence-electron chi connectivity index (χ4n) is 1.16. The predicted molar refractivity (Wildman–Crippen MR) is 45.2 cm³/mol. The minimum atomic E-state index is 0.558. The highest BCUT2D eigenvalue weighted by Gasteiger charge is 2.05. The maximum atomic E-state index is 5.49. The Morgan fingerprint density at radius 3 is 2.73 bits per heavy atom. The van der Waals surface area contributed by atoms with Crippen LogP contribution in [0.25, 0.3) is 0 Å². The van der Waals surface area contributed by atoms with Gasteiger partial charge in [0.1, 0.15) is 0 Å². The Hall–Kier alpha value is -0.830. The zero-order chi connectivity index (χ0) is 8.27. The van der Waals surface area contributed by atoms with Gasteiger partial charge in [-0.05, 0) is 18.9 Å². The average Bonchev–Trinajstić information content (AvgIpc) is 2.34. The molecule has 3 heteroatoms. The summed E-state index contributed by atoms with van der Waals surface area (Å²) in [5.41, 5.74) is 8.94. The lowest BCUT2D eigenvalue weighted by Crippen LogP contribution is -1.98. The molecule has 0 fully saturated rings. The van der Waals surface area contributed by atoms with Crippen LogP contribution in [0.1, 0.15) is 30.3 Å². The Balaban J connectivity index is 2.82. The van der Waals surface area contributed by atoms with Crippen LogP contribution < -0.4 is 5.73 Å². The van der Waals surface area contributed by atoms with Crippen molar-refractivity contribution < 1.29 is 0 Å². The summed E-state index contributed by atoms with van der Waals surface area (Å²) >= 11 is 0. The number of aromatic amines is 1. The van der Waals surface area contributed by atoms with Gasteiger partial charge >= 0.3 is 0 Å². The molecule has 1 aromatic heterocycles. The summed E-state index contributed by atoms with van der Waals surface area (Å²) in [7, 11) is 0. The molecule has 0 amide bonds. The zero-order valence-corrected chi connectivity index (χ0v) is 7.15. The van der Waals surface area contributed by atoms with E-state index in [2.05, 4.69) is 24.0 Å². The molecule has 0 saturated heterocycles. The predicted octanol–water partition coefficient (Wildman–Crippen LogP) is 1.13. The van der Waals surface area contributed by atoms with Gasteiger partial charge in [-0.25, -0.2) is 0 Å². The SMILES string of the molecule is CCCc1n[nH]c(CN)c1C. The molecule has 0 atom stereocenters. The molecule has 1 rings (SSSR count). The van der Waals surface area contributed by atoms with Crippen LogP contribution in [-0.2, 0) is 13.0 Å². The van der Waals surface area contributed by atoms with Crippen molar-refractivity contribution in [1.82, 2.24) is 10.2 Å². The first-order valence-corrected chi connectivity index (χ1v) is 4.02. The monoisotopic (exact) mass is 153 g/mol. The largest absolute Gasteiger partial charge is 0.325 e. The Morgan fingerprint density at radius 1 is 1.55 bits per heavy atom. The van der Waals surface area contributed by atoms with Crippen LogP contribution in [0.15, 0.2) is 0 Å². The molecule has 3 N–H and O–H groups in total. The van der Waals surface area contributed by atoms with Gasteiger partial charge in [0.2, 0.25) is 0 Å². The lowest BCUT2D eigenvalue weighted by Gasteiger charge is -1.94. The lowest BCUT2D eigenvalue weighted by atomic mass is 10.1. The van der Waals surface area contributed by atoms with E-state index in [1.54, 1.807) is 0 Å². The molecule has 3 nitrogen and oxygen atoms in total. The van der Waals surface area contributed by atoms with Gasteiger partial charge in [-0.1, -0.05) is 13.3 Å². The summed E-state index contributed by atoms with van der Waals surface area (Å²) in [6.45, 7) is 4.77. The number of aryl methyl sites for hydroxylation is 1. The standard InChI is InChI=1S/C8H15N3/c1-3-4-7-6(2)8(5-9)11-10-7/h3-5,9H2,1-2H3,(H,10,11). The molecule has 62 valence electrons. The molecular formula is C8H15N3. The van der Waals surface area contributed by atoms with Crippen molar-refractivity contribution >= 4 is 0 Å². The number of nitrogens with zero attached hydrogens (tertiary/aromatic N) is 1. The molecule has 0 aromatic carbocycles. The fraction of sp³-hybridized carbons (Fsp3) is 0.625. The molecule has 1 aromatic rings. The summed E-state index contributed by atoms with van der Waals surface area (Å²) in [5, 5.41) is 7.10. The second-order valence-electron chi connectivity index (χ2n) is 2.73. The number of rotatable bonds is 3. The lowest BCUT2D eigenvalue weighted by molar-refractivity contribution is 0.857. The molecular weight excluding hydrogens is 138 g/mol. The third kappa shape index (κ3) is 1.60. The van der Waals surface area contributed by atoms with Crippen LogP contribution in [0.3, 0.4) is 0 Å². The molecule has 0 spiro atoms. The Morgan fingerprint density at radius 2 is 2.27 bits per heavy atom. The highest BCUT2D eigenvalue weighted by molar-refractivity contribution is 5.23. The highest BCUT2D eigenvalue weighted by Crippen LogP contribution is 2.10. The quantitative estimate of drug-likeness (QED) is 0.684. The van der Waals surface area contributed by atoms with Crippen LogP contribution in [0.2, 0.25) is 0 Å². The van der Waals surface area contributed by atoms with Crippen molar-refractivity contribution in [2.24, 2.45) is 5.73 Å². The highest BCUT2D eigenvalue weighted by atomic mass is 15.1. The van der Waals surface area contributed by atoms with Gasteiger partial charge in [-0.3, -0.25) is 5.10 Å². The van der Waals surface area contributed by atoms with Crippen molar-refractivity contribution in [3.8, 4) is 0 Å². The van der Waals surface area contributed by atoms with Gasteiger partial charge < -0.3 is 5.73 Å². The van der Waals surface area contributed by atoms with Crippen molar-refractivity contribution in [3.63, 3.8) is 0 Å². The van der Waals surface area contributed by atoms with Crippen molar-refractivity contribution in [1.29, 1.82) is 0 Å². The van der Waals surface area contributed by atoms with Gasteiger partial charge in [0, 0.05) is 6.54 Å². The van der Waals surface area contributed by atoms with Gasteiger partial charge in [0.15, 0.2) is 0 Å². The van der Waals surface area contributed by atoms with Gasteiger partial charge in [0.05, 0.1) is 11.4 Å². The number of nitrogens with two attached hydrogens (primary N) is 1. The van der Waals surface area contributed by atoms with Gasteiger partial charge in [-0.2, -0.15) is 5.10 Å². The smallest absolute Gasteiger partial charge is 0.0654 e. The third-order valence-corrected chi connectivity index (χ3v) is 1.90. The van der Waals surface area contributed by atoms with Crippen LogP contribution in [0.5, 0.6) is 0 Å². The average molecular weight is 153 g/mol.